The Morgan fingerprint density at radius 1 is 1.20 bits per heavy atom. The summed E-state index contributed by atoms with van der Waals surface area (Å²) in [7, 11) is 0. The van der Waals surface area contributed by atoms with Crippen LogP contribution < -0.4 is 15.5 Å². The summed E-state index contributed by atoms with van der Waals surface area (Å²) in [5.74, 6) is -0.875. The van der Waals surface area contributed by atoms with Gasteiger partial charge in [-0.1, -0.05) is 24.3 Å². The summed E-state index contributed by atoms with van der Waals surface area (Å²) in [4.78, 5) is 6.41. The van der Waals surface area contributed by atoms with E-state index in [-0.39, 0.29) is 5.56 Å². The first-order valence-electron chi connectivity index (χ1n) is 10.0. The molecule has 0 aliphatic carbocycles. The van der Waals surface area contributed by atoms with Crippen molar-refractivity contribution in [1.82, 2.24) is 10.6 Å². The van der Waals surface area contributed by atoms with Gasteiger partial charge < -0.3 is 15.5 Å². The summed E-state index contributed by atoms with van der Waals surface area (Å²) in [5, 5.41) is 6.60. The SMILES string of the molecule is C=Nc1ccc(N2CCNCC2)cc1/C(=C\C)N[C@H](C)c1cccc(C(F)F)c1F. The van der Waals surface area contributed by atoms with E-state index < -0.39 is 23.8 Å². The van der Waals surface area contributed by atoms with Crippen LogP contribution in [0.25, 0.3) is 5.70 Å². The van der Waals surface area contributed by atoms with Crippen LogP contribution in [0.2, 0.25) is 0 Å². The molecule has 2 aromatic rings. The first-order valence-corrected chi connectivity index (χ1v) is 10.0. The Labute approximate surface area is 175 Å². The number of hydrogen-bond donors (Lipinski definition) is 2. The second kappa shape index (κ2) is 9.80. The number of nitrogens with one attached hydrogen (secondary N) is 2. The van der Waals surface area contributed by atoms with Crippen molar-refractivity contribution in [3.05, 3.63) is 65.0 Å². The highest BCUT2D eigenvalue weighted by Gasteiger charge is 2.21. The highest BCUT2D eigenvalue weighted by atomic mass is 19.3. The minimum Gasteiger partial charge on any atom is -0.378 e. The number of nitrogens with zero attached hydrogens (tertiary/aromatic N) is 2. The number of aliphatic imine (C=N–C) groups is 1. The smallest absolute Gasteiger partial charge is 0.266 e. The minimum absolute atomic E-state index is 0.193. The molecule has 0 unspecified atom stereocenters. The van der Waals surface area contributed by atoms with Crippen molar-refractivity contribution in [2.45, 2.75) is 26.3 Å². The van der Waals surface area contributed by atoms with Crippen LogP contribution in [0, 0.1) is 5.82 Å². The van der Waals surface area contributed by atoms with Gasteiger partial charge in [-0.2, -0.15) is 0 Å². The molecular formula is C23H27F3N4. The average Bonchev–Trinajstić information content (AvgIpc) is 2.77. The molecule has 2 N–H and O–H groups in total. The van der Waals surface area contributed by atoms with Gasteiger partial charge in [0.2, 0.25) is 0 Å². The third-order valence-corrected chi connectivity index (χ3v) is 5.34. The van der Waals surface area contributed by atoms with Crippen LogP contribution in [0.3, 0.4) is 0 Å². The summed E-state index contributed by atoms with van der Waals surface area (Å²) in [6, 6.07) is 9.54. The van der Waals surface area contributed by atoms with Gasteiger partial charge in [-0.3, -0.25) is 4.99 Å². The quantitative estimate of drug-likeness (QED) is 0.608. The van der Waals surface area contributed by atoms with E-state index in [2.05, 4.69) is 27.2 Å². The maximum Gasteiger partial charge on any atom is 0.266 e. The third kappa shape index (κ3) is 4.67. The lowest BCUT2D eigenvalue weighted by molar-refractivity contribution is 0.146. The highest BCUT2D eigenvalue weighted by Crippen LogP contribution is 2.33. The summed E-state index contributed by atoms with van der Waals surface area (Å²) in [6.07, 6.45) is -0.984. The summed E-state index contributed by atoms with van der Waals surface area (Å²) in [5.41, 5.74) is 2.95. The molecule has 30 heavy (non-hydrogen) atoms. The number of piperazine rings is 1. The predicted molar refractivity (Wildman–Crippen MR) is 117 cm³/mol. The monoisotopic (exact) mass is 416 g/mol. The van der Waals surface area contributed by atoms with Crippen molar-refractivity contribution in [1.29, 1.82) is 0 Å². The van der Waals surface area contributed by atoms with Crippen LogP contribution in [0.5, 0.6) is 0 Å². The van der Waals surface area contributed by atoms with Crippen LogP contribution in [-0.2, 0) is 0 Å². The van der Waals surface area contributed by atoms with E-state index in [1.165, 1.54) is 12.1 Å². The lowest BCUT2D eigenvalue weighted by Gasteiger charge is -2.30. The zero-order chi connectivity index (χ0) is 21.7. The van der Waals surface area contributed by atoms with Crippen LogP contribution in [0.4, 0.5) is 24.5 Å². The van der Waals surface area contributed by atoms with Crippen molar-refractivity contribution < 1.29 is 13.2 Å². The summed E-state index contributed by atoms with van der Waals surface area (Å²) >= 11 is 0. The molecule has 1 aliphatic rings. The second-order valence-electron chi connectivity index (χ2n) is 7.22. The number of benzene rings is 2. The van der Waals surface area contributed by atoms with Crippen molar-refractivity contribution in [3.63, 3.8) is 0 Å². The molecule has 3 rings (SSSR count). The number of anilines is 1. The maximum absolute atomic E-state index is 14.6. The number of hydrogen-bond acceptors (Lipinski definition) is 4. The molecule has 0 spiro atoms. The fourth-order valence-corrected chi connectivity index (χ4v) is 3.70. The molecule has 0 amide bonds. The first kappa shape index (κ1) is 21.9. The molecule has 1 atom stereocenters. The lowest BCUT2D eigenvalue weighted by atomic mass is 10.0. The van der Waals surface area contributed by atoms with Crippen molar-refractivity contribution in [2.24, 2.45) is 4.99 Å². The van der Waals surface area contributed by atoms with E-state index in [0.29, 0.717) is 5.69 Å². The van der Waals surface area contributed by atoms with Crippen molar-refractivity contribution >= 4 is 23.8 Å². The number of alkyl halides is 2. The van der Waals surface area contributed by atoms with Gasteiger partial charge in [0.25, 0.3) is 6.43 Å². The standard InChI is InChI=1S/C23H27F3N4/c1-4-20(29-15(2)17-6-5-7-18(22(17)24)23(25)26)19-14-16(8-9-21(19)27-3)30-12-10-28-11-13-30/h4-9,14-15,23,28-29H,3,10-13H2,1-2H3/b20-4+/t15-/m1/s1. The van der Waals surface area contributed by atoms with Gasteiger partial charge in [0.1, 0.15) is 5.82 Å². The Morgan fingerprint density at radius 3 is 2.53 bits per heavy atom. The number of halogens is 3. The molecular weight excluding hydrogens is 389 g/mol. The molecule has 1 heterocycles. The largest absolute Gasteiger partial charge is 0.378 e. The van der Waals surface area contributed by atoms with Gasteiger partial charge in [-0.15, -0.1) is 0 Å². The zero-order valence-corrected chi connectivity index (χ0v) is 17.3. The molecule has 2 aromatic carbocycles. The molecule has 0 bridgehead atoms. The Balaban J connectivity index is 1.90. The third-order valence-electron chi connectivity index (χ3n) is 5.34. The van der Waals surface area contributed by atoms with E-state index in [0.717, 1.165) is 49.2 Å². The second-order valence-corrected chi connectivity index (χ2v) is 7.22. The van der Waals surface area contributed by atoms with E-state index in [1.54, 1.807) is 6.92 Å². The van der Waals surface area contributed by atoms with Crippen LogP contribution in [0.1, 0.15) is 43.0 Å². The fraction of sp³-hybridized carbons (Fsp3) is 0.348. The normalized spacial score (nSPS) is 15.9. The molecule has 160 valence electrons. The summed E-state index contributed by atoms with van der Waals surface area (Å²) in [6.45, 7) is 10.9. The van der Waals surface area contributed by atoms with E-state index >= 15 is 0 Å². The molecule has 7 heteroatoms. The molecule has 4 nitrogen and oxygen atoms in total. The van der Waals surface area contributed by atoms with Crippen LogP contribution in [0.15, 0.2) is 47.5 Å². The highest BCUT2D eigenvalue weighted by molar-refractivity contribution is 5.78. The maximum atomic E-state index is 14.6. The topological polar surface area (TPSA) is 39.7 Å². The summed E-state index contributed by atoms with van der Waals surface area (Å²) < 4.78 is 40.8. The Hall–Kier alpha value is -2.80. The fourth-order valence-electron chi connectivity index (χ4n) is 3.70. The molecule has 1 saturated heterocycles. The van der Waals surface area contributed by atoms with Crippen molar-refractivity contribution in [2.75, 3.05) is 31.1 Å². The molecule has 0 saturated carbocycles. The van der Waals surface area contributed by atoms with Gasteiger partial charge in [-0.05, 0) is 38.8 Å². The Bertz CT molecular complexity index is 921. The zero-order valence-electron chi connectivity index (χ0n) is 17.3. The van der Waals surface area contributed by atoms with Gasteiger partial charge >= 0.3 is 0 Å². The molecule has 0 aromatic heterocycles. The van der Waals surface area contributed by atoms with Crippen LogP contribution in [-0.4, -0.2) is 32.9 Å². The van der Waals surface area contributed by atoms with E-state index in [4.69, 9.17) is 0 Å². The number of allylic oxidation sites excluding steroid dienone is 1. The van der Waals surface area contributed by atoms with Gasteiger partial charge in [-0.25, -0.2) is 13.2 Å². The first-order chi connectivity index (χ1) is 14.5. The number of rotatable bonds is 7. The Kier molecular flexibility index (Phi) is 7.15. The average molecular weight is 416 g/mol. The predicted octanol–water partition coefficient (Wildman–Crippen LogP) is 5.22. The lowest BCUT2D eigenvalue weighted by Crippen LogP contribution is -2.43. The van der Waals surface area contributed by atoms with E-state index in [1.807, 2.05) is 31.2 Å². The molecule has 0 radical (unpaired) electrons. The van der Waals surface area contributed by atoms with Crippen LogP contribution >= 0.6 is 0 Å². The molecule has 1 fully saturated rings. The Morgan fingerprint density at radius 2 is 1.90 bits per heavy atom. The van der Waals surface area contributed by atoms with Gasteiger partial charge in [0.15, 0.2) is 0 Å². The molecule has 1 aliphatic heterocycles. The van der Waals surface area contributed by atoms with E-state index in [9.17, 15) is 13.2 Å². The van der Waals surface area contributed by atoms with Crippen molar-refractivity contribution in [3.8, 4) is 0 Å². The van der Waals surface area contributed by atoms with Gasteiger partial charge in [0.05, 0.1) is 17.3 Å². The van der Waals surface area contributed by atoms with Gasteiger partial charge in [0, 0.05) is 48.7 Å². The minimum atomic E-state index is -2.86.